The van der Waals surface area contributed by atoms with Crippen LogP contribution in [0.15, 0.2) is 18.2 Å². The first-order chi connectivity index (χ1) is 8.15. The summed E-state index contributed by atoms with van der Waals surface area (Å²) < 4.78 is 0. The first-order valence-electron chi connectivity index (χ1n) is 6.23. The van der Waals surface area contributed by atoms with Gasteiger partial charge in [0.05, 0.1) is 0 Å². The normalized spacial score (nSPS) is 31.4. The zero-order chi connectivity index (χ0) is 12.0. The number of amides is 1. The number of carbonyl (C=O) groups is 1. The molecule has 2 nitrogen and oxygen atoms in total. The van der Waals surface area contributed by atoms with Crippen LogP contribution in [0.1, 0.15) is 36.8 Å². The summed E-state index contributed by atoms with van der Waals surface area (Å²) in [5.41, 5.74) is 2.75. The average Bonchev–Trinajstić information content (AvgIpc) is 2.28. The molecule has 2 aliphatic rings. The highest BCUT2D eigenvalue weighted by molar-refractivity contribution is 6.30. The van der Waals surface area contributed by atoms with Gasteiger partial charge in [0.25, 0.3) is 0 Å². The Hall–Kier alpha value is -1.02. The molecule has 1 aliphatic carbocycles. The van der Waals surface area contributed by atoms with Crippen molar-refractivity contribution in [3.05, 3.63) is 34.3 Å². The average molecular weight is 250 g/mol. The molecule has 3 heteroatoms. The van der Waals surface area contributed by atoms with E-state index in [0.29, 0.717) is 24.3 Å². The molecule has 90 valence electrons. The fraction of sp³-hybridized carbons (Fsp3) is 0.500. The summed E-state index contributed by atoms with van der Waals surface area (Å²) in [6, 6.07) is 6.50. The number of aryl methyl sites for hydroxylation is 1. The van der Waals surface area contributed by atoms with Gasteiger partial charge in [-0.3, -0.25) is 4.79 Å². The van der Waals surface area contributed by atoms with Gasteiger partial charge in [-0.1, -0.05) is 24.6 Å². The summed E-state index contributed by atoms with van der Waals surface area (Å²) >= 11 is 6.04. The van der Waals surface area contributed by atoms with Crippen LogP contribution >= 0.6 is 11.6 Å². The summed E-state index contributed by atoms with van der Waals surface area (Å²) in [4.78, 5) is 11.6. The van der Waals surface area contributed by atoms with Gasteiger partial charge >= 0.3 is 0 Å². The summed E-state index contributed by atoms with van der Waals surface area (Å²) in [5, 5.41) is 3.95. The lowest BCUT2D eigenvalue weighted by Gasteiger charge is -2.41. The highest BCUT2D eigenvalue weighted by atomic mass is 35.5. The number of benzene rings is 1. The summed E-state index contributed by atoms with van der Waals surface area (Å²) in [6.07, 6.45) is 2.70. The number of piperidine rings is 1. The molecule has 1 saturated heterocycles. The Morgan fingerprint density at radius 1 is 1.41 bits per heavy atom. The van der Waals surface area contributed by atoms with E-state index in [-0.39, 0.29) is 5.91 Å². The van der Waals surface area contributed by atoms with E-state index in [9.17, 15) is 4.79 Å². The van der Waals surface area contributed by atoms with Gasteiger partial charge in [0.1, 0.15) is 0 Å². The summed E-state index contributed by atoms with van der Waals surface area (Å²) in [7, 11) is 0. The van der Waals surface area contributed by atoms with E-state index in [0.717, 1.165) is 17.9 Å². The summed E-state index contributed by atoms with van der Waals surface area (Å²) in [5.74, 6) is 1.10. The van der Waals surface area contributed by atoms with E-state index >= 15 is 0 Å². The van der Waals surface area contributed by atoms with Crippen molar-refractivity contribution in [1.82, 2.24) is 5.32 Å². The second kappa shape index (κ2) is 4.02. The Morgan fingerprint density at radius 2 is 2.24 bits per heavy atom. The quantitative estimate of drug-likeness (QED) is 0.753. The maximum absolute atomic E-state index is 11.6. The van der Waals surface area contributed by atoms with Crippen molar-refractivity contribution >= 4 is 17.5 Å². The Balaban J connectivity index is 2.02. The zero-order valence-electron chi connectivity index (χ0n) is 9.87. The number of hydrogen-bond acceptors (Lipinski definition) is 1. The van der Waals surface area contributed by atoms with Crippen LogP contribution < -0.4 is 5.32 Å². The minimum absolute atomic E-state index is 0.205. The van der Waals surface area contributed by atoms with Crippen LogP contribution in [0.3, 0.4) is 0 Å². The van der Waals surface area contributed by atoms with Gasteiger partial charge in [0.2, 0.25) is 5.91 Å². The molecule has 1 amide bonds. The van der Waals surface area contributed by atoms with Crippen molar-refractivity contribution in [2.24, 2.45) is 5.92 Å². The van der Waals surface area contributed by atoms with Gasteiger partial charge in [-0.25, -0.2) is 0 Å². The molecule has 0 saturated carbocycles. The first kappa shape index (κ1) is 11.1. The van der Waals surface area contributed by atoms with Gasteiger partial charge in [-0.15, -0.1) is 0 Å². The van der Waals surface area contributed by atoms with Gasteiger partial charge in [0.15, 0.2) is 0 Å². The van der Waals surface area contributed by atoms with E-state index in [4.69, 9.17) is 11.6 Å². The predicted molar refractivity (Wildman–Crippen MR) is 68.2 cm³/mol. The van der Waals surface area contributed by atoms with E-state index in [1.165, 1.54) is 11.1 Å². The molecule has 0 spiro atoms. The third kappa shape index (κ3) is 1.85. The lowest BCUT2D eigenvalue weighted by Crippen LogP contribution is -2.49. The second-order valence-corrected chi connectivity index (χ2v) is 5.70. The maximum atomic E-state index is 11.6. The van der Waals surface area contributed by atoms with Crippen LogP contribution in [0, 0.1) is 5.92 Å². The largest absolute Gasteiger partial charge is 0.353 e. The zero-order valence-corrected chi connectivity index (χ0v) is 10.6. The minimum Gasteiger partial charge on any atom is -0.353 e. The number of hydrogen-bond donors (Lipinski definition) is 1. The van der Waals surface area contributed by atoms with Gasteiger partial charge in [0, 0.05) is 23.4 Å². The number of halogens is 1. The SMILES string of the molecule is CC1CC(=O)N[C@@H]2CCc3cc(Cl)ccc3[C@@H]12. The topological polar surface area (TPSA) is 29.1 Å². The standard InChI is InChI=1S/C14H16ClNO/c1-8-6-13(17)16-12-5-2-9-7-10(15)3-4-11(9)14(8)12/h3-4,7-8,12,14H,2,5-6H2,1H3,(H,16,17)/t8?,12-,14-/m1/s1. The molecule has 0 bridgehead atoms. The minimum atomic E-state index is 0.205. The van der Waals surface area contributed by atoms with Crippen LogP contribution in [0.2, 0.25) is 5.02 Å². The molecule has 17 heavy (non-hydrogen) atoms. The molecule has 0 radical (unpaired) electrons. The molecular weight excluding hydrogens is 234 g/mol. The van der Waals surface area contributed by atoms with Crippen molar-refractivity contribution in [1.29, 1.82) is 0 Å². The van der Waals surface area contributed by atoms with E-state index < -0.39 is 0 Å². The molecule has 1 N–H and O–H groups in total. The van der Waals surface area contributed by atoms with Crippen molar-refractivity contribution in [3.8, 4) is 0 Å². The number of rotatable bonds is 0. The third-order valence-corrected chi connectivity index (χ3v) is 4.32. The van der Waals surface area contributed by atoms with Crippen LogP contribution in [-0.2, 0) is 11.2 Å². The number of carbonyl (C=O) groups excluding carboxylic acids is 1. The molecule has 3 rings (SSSR count). The highest BCUT2D eigenvalue weighted by Gasteiger charge is 2.38. The molecule has 1 unspecified atom stereocenters. The van der Waals surface area contributed by atoms with Gasteiger partial charge < -0.3 is 5.32 Å². The molecule has 1 aliphatic heterocycles. The number of nitrogens with one attached hydrogen (secondary N) is 1. The fourth-order valence-electron chi connectivity index (χ4n) is 3.37. The molecule has 1 heterocycles. The molecule has 3 atom stereocenters. The lowest BCUT2D eigenvalue weighted by molar-refractivity contribution is -0.125. The van der Waals surface area contributed by atoms with Crippen molar-refractivity contribution < 1.29 is 4.79 Å². The van der Waals surface area contributed by atoms with E-state index in [1.54, 1.807) is 0 Å². The molecular formula is C14H16ClNO. The van der Waals surface area contributed by atoms with Gasteiger partial charge in [-0.2, -0.15) is 0 Å². The van der Waals surface area contributed by atoms with Crippen molar-refractivity contribution in [2.75, 3.05) is 0 Å². The monoisotopic (exact) mass is 249 g/mol. The highest BCUT2D eigenvalue weighted by Crippen LogP contribution is 2.41. The van der Waals surface area contributed by atoms with E-state index in [2.05, 4.69) is 24.4 Å². The second-order valence-electron chi connectivity index (χ2n) is 5.26. The first-order valence-corrected chi connectivity index (χ1v) is 6.60. The smallest absolute Gasteiger partial charge is 0.220 e. The molecule has 0 aromatic heterocycles. The van der Waals surface area contributed by atoms with Gasteiger partial charge in [-0.05, 0) is 42.0 Å². The lowest BCUT2D eigenvalue weighted by atomic mass is 9.70. The molecule has 1 aromatic rings. The Bertz CT molecular complexity index is 471. The Labute approximate surface area is 106 Å². The van der Waals surface area contributed by atoms with Crippen molar-refractivity contribution in [3.63, 3.8) is 0 Å². The van der Waals surface area contributed by atoms with Crippen LogP contribution in [0.25, 0.3) is 0 Å². The maximum Gasteiger partial charge on any atom is 0.220 e. The summed E-state index contributed by atoms with van der Waals surface area (Å²) in [6.45, 7) is 2.18. The van der Waals surface area contributed by atoms with Crippen LogP contribution in [0.4, 0.5) is 0 Å². The predicted octanol–water partition coefficient (Wildman–Crippen LogP) is 2.89. The van der Waals surface area contributed by atoms with E-state index in [1.807, 2.05) is 6.07 Å². The molecule has 1 fully saturated rings. The number of fused-ring (bicyclic) bond motifs is 3. The van der Waals surface area contributed by atoms with Crippen molar-refractivity contribution in [2.45, 2.75) is 38.1 Å². The van der Waals surface area contributed by atoms with Crippen LogP contribution in [-0.4, -0.2) is 11.9 Å². The van der Waals surface area contributed by atoms with Crippen LogP contribution in [0.5, 0.6) is 0 Å². The Morgan fingerprint density at radius 3 is 3.06 bits per heavy atom. The third-order valence-electron chi connectivity index (χ3n) is 4.09. The molecule has 1 aromatic carbocycles. The fourth-order valence-corrected chi connectivity index (χ4v) is 3.57. The Kier molecular flexibility index (Phi) is 2.62.